The summed E-state index contributed by atoms with van der Waals surface area (Å²) in [5.74, 6) is -0.123. The minimum absolute atomic E-state index is 0.0134. The van der Waals surface area contributed by atoms with Gasteiger partial charge in [0.1, 0.15) is 29.4 Å². The number of alkyl carbamates (subject to hydrolysis) is 1. The monoisotopic (exact) mass is 387 g/mol. The molecular weight excluding hydrogens is 365 g/mol. The van der Waals surface area contributed by atoms with Crippen LogP contribution >= 0.6 is 0 Å². The first-order chi connectivity index (χ1) is 13.1. The van der Waals surface area contributed by atoms with E-state index in [2.05, 4.69) is 16.9 Å². The molecule has 1 atom stereocenters. The molecule has 2 aromatic rings. The van der Waals surface area contributed by atoms with Gasteiger partial charge in [-0.3, -0.25) is 0 Å². The molecule has 1 N–H and O–H groups in total. The summed E-state index contributed by atoms with van der Waals surface area (Å²) in [7, 11) is 0. The van der Waals surface area contributed by atoms with Gasteiger partial charge in [-0.2, -0.15) is 0 Å². The number of benzene rings is 1. The molecule has 3 rings (SSSR count). The molecule has 1 aliphatic rings. The highest BCUT2D eigenvalue weighted by Crippen LogP contribution is 2.32. The Kier molecular flexibility index (Phi) is 4.97. The van der Waals surface area contributed by atoms with Crippen molar-refractivity contribution in [1.82, 2.24) is 14.9 Å². The van der Waals surface area contributed by atoms with E-state index in [1.807, 2.05) is 0 Å². The van der Waals surface area contributed by atoms with Gasteiger partial charge in [-0.25, -0.2) is 23.5 Å². The lowest BCUT2D eigenvalue weighted by Gasteiger charge is -2.26. The van der Waals surface area contributed by atoms with Crippen molar-refractivity contribution in [3.63, 3.8) is 0 Å². The number of hydrogen-bond donors (Lipinski definition) is 1. The third kappa shape index (κ3) is 3.90. The van der Waals surface area contributed by atoms with Gasteiger partial charge in [0, 0.05) is 11.8 Å². The fourth-order valence-electron chi connectivity index (χ4n) is 2.95. The Hall–Kier alpha value is -3.16. The maximum atomic E-state index is 13.3. The molecule has 2 heterocycles. The molecule has 148 valence electrons. The van der Waals surface area contributed by atoms with Gasteiger partial charge >= 0.3 is 12.2 Å². The minimum atomic E-state index is -1.06. The number of nitrogens with zero attached hydrogens (tertiary/aromatic N) is 2. The highest BCUT2D eigenvalue weighted by Gasteiger charge is 2.45. The average Bonchev–Trinajstić information content (AvgIpc) is 3.20. The molecule has 8 heteroatoms. The van der Waals surface area contributed by atoms with Crippen molar-refractivity contribution in [3.05, 3.63) is 54.8 Å². The van der Waals surface area contributed by atoms with Crippen LogP contribution < -0.4 is 5.32 Å². The van der Waals surface area contributed by atoms with Gasteiger partial charge < -0.3 is 14.8 Å². The van der Waals surface area contributed by atoms with Crippen LogP contribution in [0, 0.1) is 5.82 Å². The summed E-state index contributed by atoms with van der Waals surface area (Å²) in [4.78, 5) is 29.2. The Bertz CT molecular complexity index is 915. The summed E-state index contributed by atoms with van der Waals surface area (Å²) >= 11 is 0. The van der Waals surface area contributed by atoms with E-state index in [-0.39, 0.29) is 18.2 Å². The number of aromatic nitrogens is 2. The number of carbonyl (C=O) groups excluding carboxylic acids is 2. The zero-order chi connectivity index (χ0) is 20.5. The molecule has 0 saturated carbocycles. The van der Waals surface area contributed by atoms with Crippen molar-refractivity contribution in [2.24, 2.45) is 0 Å². The van der Waals surface area contributed by atoms with Gasteiger partial charge in [-0.1, -0.05) is 6.08 Å². The van der Waals surface area contributed by atoms with Crippen LogP contribution in [0.15, 0.2) is 43.1 Å². The largest absolute Gasteiger partial charge is 0.447 e. The van der Waals surface area contributed by atoms with E-state index < -0.39 is 23.3 Å². The van der Waals surface area contributed by atoms with Gasteiger partial charge in [0.05, 0.1) is 5.69 Å². The minimum Gasteiger partial charge on any atom is -0.447 e. The molecule has 1 aliphatic heterocycles. The molecule has 1 amide bonds. The van der Waals surface area contributed by atoms with Crippen LogP contribution in [-0.4, -0.2) is 33.9 Å². The molecule has 0 spiro atoms. The van der Waals surface area contributed by atoms with E-state index in [0.29, 0.717) is 17.7 Å². The average molecular weight is 387 g/mol. The Morgan fingerprint density at radius 3 is 2.64 bits per heavy atom. The topological polar surface area (TPSA) is 82.5 Å². The summed E-state index contributed by atoms with van der Waals surface area (Å²) in [5.41, 5.74) is -0.738. The second-order valence-corrected chi connectivity index (χ2v) is 7.58. The molecule has 7 nitrogen and oxygen atoms in total. The third-order valence-corrected chi connectivity index (χ3v) is 4.15. The Balaban J connectivity index is 2.13. The van der Waals surface area contributed by atoms with Crippen molar-refractivity contribution >= 4 is 12.2 Å². The number of nitrogens with one attached hydrogen (secondary N) is 1. The predicted octanol–water partition coefficient (Wildman–Crippen LogP) is 3.98. The number of imidazole rings is 1. The third-order valence-electron chi connectivity index (χ3n) is 4.15. The van der Waals surface area contributed by atoms with Crippen LogP contribution in [0.4, 0.5) is 14.0 Å². The standard InChI is InChI=1S/C20H22FN3O4/c1-5-10-20(12-27-17(25)23-20)16-22-15(13-6-8-14(21)9-7-13)11-24(16)18(26)28-19(2,3)4/h5-9,11H,1,10,12H2,2-4H3,(H,23,25). The summed E-state index contributed by atoms with van der Waals surface area (Å²) in [6.45, 7) is 8.97. The number of ether oxygens (including phenoxy) is 2. The maximum Gasteiger partial charge on any atom is 0.420 e. The summed E-state index contributed by atoms with van der Waals surface area (Å²) in [5, 5.41) is 2.73. The van der Waals surface area contributed by atoms with Crippen molar-refractivity contribution in [2.75, 3.05) is 6.61 Å². The van der Waals surface area contributed by atoms with E-state index in [1.165, 1.54) is 22.9 Å². The number of hydrogen-bond acceptors (Lipinski definition) is 5. The number of amides is 1. The first-order valence-electron chi connectivity index (χ1n) is 8.78. The quantitative estimate of drug-likeness (QED) is 0.803. The van der Waals surface area contributed by atoms with Crippen molar-refractivity contribution < 1.29 is 23.5 Å². The first-order valence-corrected chi connectivity index (χ1v) is 8.78. The Morgan fingerprint density at radius 2 is 2.11 bits per heavy atom. The molecule has 1 fully saturated rings. The van der Waals surface area contributed by atoms with E-state index in [9.17, 15) is 14.0 Å². The van der Waals surface area contributed by atoms with Gasteiger partial charge in [-0.05, 0) is 51.5 Å². The molecule has 1 aromatic carbocycles. The molecule has 28 heavy (non-hydrogen) atoms. The first kappa shape index (κ1) is 19.6. The lowest BCUT2D eigenvalue weighted by molar-refractivity contribution is 0.0522. The number of carbonyl (C=O) groups is 2. The van der Waals surface area contributed by atoms with Crippen LogP contribution in [0.2, 0.25) is 0 Å². The van der Waals surface area contributed by atoms with Crippen LogP contribution in [0.1, 0.15) is 33.0 Å². The number of halogens is 1. The van der Waals surface area contributed by atoms with Gasteiger partial charge in [0.25, 0.3) is 0 Å². The fourth-order valence-corrected chi connectivity index (χ4v) is 2.95. The number of cyclic esters (lactones) is 1. The fraction of sp³-hybridized carbons (Fsp3) is 0.350. The molecule has 1 unspecified atom stereocenters. The van der Waals surface area contributed by atoms with Crippen LogP contribution in [0.5, 0.6) is 0 Å². The zero-order valence-electron chi connectivity index (χ0n) is 16.0. The SMILES string of the molecule is C=CCC1(c2nc(-c3ccc(F)cc3)cn2C(=O)OC(C)(C)C)COC(=O)N1. The van der Waals surface area contributed by atoms with E-state index in [1.54, 1.807) is 39.0 Å². The van der Waals surface area contributed by atoms with Gasteiger partial charge in [0.15, 0.2) is 0 Å². The Morgan fingerprint density at radius 1 is 1.43 bits per heavy atom. The van der Waals surface area contributed by atoms with E-state index >= 15 is 0 Å². The van der Waals surface area contributed by atoms with Crippen LogP contribution in [-0.2, 0) is 15.0 Å². The molecule has 0 aliphatic carbocycles. The molecule has 1 aromatic heterocycles. The van der Waals surface area contributed by atoms with Crippen LogP contribution in [0.3, 0.4) is 0 Å². The predicted molar refractivity (Wildman–Crippen MR) is 100 cm³/mol. The molecular formula is C20H22FN3O4. The highest BCUT2D eigenvalue weighted by atomic mass is 19.1. The molecule has 1 saturated heterocycles. The van der Waals surface area contributed by atoms with Gasteiger partial charge in [-0.15, -0.1) is 6.58 Å². The summed E-state index contributed by atoms with van der Waals surface area (Å²) in [6, 6.07) is 5.73. The van der Waals surface area contributed by atoms with Crippen molar-refractivity contribution in [2.45, 2.75) is 38.3 Å². The lowest BCUT2D eigenvalue weighted by Crippen LogP contribution is -2.44. The summed E-state index contributed by atoms with van der Waals surface area (Å²) in [6.07, 6.45) is 2.16. The smallest absolute Gasteiger partial charge is 0.420 e. The summed E-state index contributed by atoms with van der Waals surface area (Å²) < 4.78 is 25.1. The van der Waals surface area contributed by atoms with Crippen molar-refractivity contribution in [1.29, 1.82) is 0 Å². The zero-order valence-corrected chi connectivity index (χ0v) is 16.0. The van der Waals surface area contributed by atoms with Crippen LogP contribution in [0.25, 0.3) is 11.3 Å². The van der Waals surface area contributed by atoms with E-state index in [0.717, 1.165) is 0 Å². The lowest BCUT2D eigenvalue weighted by atomic mass is 9.96. The van der Waals surface area contributed by atoms with Gasteiger partial charge in [0.2, 0.25) is 0 Å². The second-order valence-electron chi connectivity index (χ2n) is 7.58. The van der Waals surface area contributed by atoms with E-state index in [4.69, 9.17) is 9.47 Å². The second kappa shape index (κ2) is 7.10. The maximum absolute atomic E-state index is 13.3. The Labute approximate surface area is 162 Å². The number of rotatable bonds is 4. The normalized spacial score (nSPS) is 19.1. The molecule has 0 bridgehead atoms. The molecule has 0 radical (unpaired) electrons. The van der Waals surface area contributed by atoms with Crippen molar-refractivity contribution in [3.8, 4) is 11.3 Å². The highest BCUT2D eigenvalue weighted by molar-refractivity contribution is 5.76.